The number of rotatable bonds is 7. The molecule has 2 N–H and O–H groups in total. The molecule has 1 amide bonds. The van der Waals surface area contributed by atoms with E-state index in [0.29, 0.717) is 18.3 Å². The van der Waals surface area contributed by atoms with Crippen LogP contribution in [0.15, 0.2) is 6.07 Å². The summed E-state index contributed by atoms with van der Waals surface area (Å²) in [7, 11) is 1.93. The van der Waals surface area contributed by atoms with Crippen LogP contribution in [-0.4, -0.2) is 47.6 Å². The lowest BCUT2D eigenvalue weighted by Crippen LogP contribution is -2.46. The highest BCUT2D eigenvalue weighted by Gasteiger charge is 2.20. The minimum absolute atomic E-state index is 0. The summed E-state index contributed by atoms with van der Waals surface area (Å²) in [6.07, 6.45) is 3.08. The number of piperidine rings is 1. The van der Waals surface area contributed by atoms with Crippen LogP contribution in [0.1, 0.15) is 43.1 Å². The molecular weight excluding hydrogens is 338 g/mol. The van der Waals surface area contributed by atoms with Crippen LogP contribution in [0.4, 0.5) is 0 Å². The molecule has 1 saturated heterocycles. The van der Waals surface area contributed by atoms with Crippen molar-refractivity contribution in [3.63, 3.8) is 0 Å². The van der Waals surface area contributed by atoms with Crippen molar-refractivity contribution < 1.29 is 4.79 Å². The molecule has 0 atom stereocenters. The molecule has 0 radical (unpaired) electrons. The summed E-state index contributed by atoms with van der Waals surface area (Å²) >= 11 is 0. The third-order valence-electron chi connectivity index (χ3n) is 4.86. The number of likely N-dealkylation sites (tertiary alicyclic amines) is 1. The Balaban J connectivity index is 0.00000312. The van der Waals surface area contributed by atoms with E-state index in [2.05, 4.69) is 35.5 Å². The van der Waals surface area contributed by atoms with Crippen molar-refractivity contribution in [1.82, 2.24) is 20.1 Å². The van der Waals surface area contributed by atoms with Gasteiger partial charge in [0.2, 0.25) is 5.91 Å². The van der Waals surface area contributed by atoms with Crippen molar-refractivity contribution in [2.75, 3.05) is 26.2 Å². The van der Waals surface area contributed by atoms with Crippen molar-refractivity contribution in [2.45, 2.75) is 45.7 Å². The lowest BCUT2D eigenvalue weighted by molar-refractivity contribution is -0.122. The molecule has 0 aromatic carbocycles. The van der Waals surface area contributed by atoms with Crippen LogP contribution >= 0.6 is 12.4 Å². The molecule has 140 valence electrons. The average Bonchev–Trinajstić information content (AvgIpc) is 2.87. The maximum Gasteiger partial charge on any atom is 0.234 e. The predicted octanol–water partition coefficient (Wildman–Crippen LogP) is 1.71. The monoisotopic (exact) mass is 367 g/mol. The molecule has 1 aromatic rings. The first-order valence-corrected chi connectivity index (χ1v) is 8.82. The fraction of sp³-hybridized carbons (Fsp3) is 0.667. The van der Waals surface area contributed by atoms with Gasteiger partial charge in [-0.1, -0.05) is 6.92 Å². The predicted molar refractivity (Wildman–Crippen MR) is 102 cm³/mol. The second-order valence-corrected chi connectivity index (χ2v) is 6.59. The van der Waals surface area contributed by atoms with Crippen molar-refractivity contribution in [1.29, 1.82) is 5.26 Å². The van der Waals surface area contributed by atoms with Gasteiger partial charge in [-0.3, -0.25) is 9.69 Å². The van der Waals surface area contributed by atoms with Crippen LogP contribution in [0.25, 0.3) is 0 Å². The van der Waals surface area contributed by atoms with Crippen LogP contribution in [0, 0.1) is 18.3 Å². The van der Waals surface area contributed by atoms with E-state index >= 15 is 0 Å². The van der Waals surface area contributed by atoms with Crippen molar-refractivity contribution >= 4 is 18.3 Å². The summed E-state index contributed by atoms with van der Waals surface area (Å²) in [5, 5.41) is 15.6. The van der Waals surface area contributed by atoms with Gasteiger partial charge in [-0.15, -0.1) is 12.4 Å². The van der Waals surface area contributed by atoms with E-state index in [1.807, 2.05) is 17.7 Å². The molecule has 6 nitrogen and oxygen atoms in total. The molecule has 7 heteroatoms. The van der Waals surface area contributed by atoms with Crippen molar-refractivity contribution in [2.24, 2.45) is 7.05 Å². The number of amides is 1. The fourth-order valence-electron chi connectivity index (χ4n) is 3.12. The first-order valence-electron chi connectivity index (χ1n) is 8.82. The molecule has 1 fully saturated rings. The molecular formula is C18H30ClN5O. The molecule has 0 unspecified atom stereocenters. The first kappa shape index (κ1) is 21.5. The SMILES string of the molecule is CCCNC(=O)CN1CCC(NCc2cc(C#N)n(C)c2C)CC1.Cl. The molecule has 0 spiro atoms. The van der Waals surface area contributed by atoms with Gasteiger partial charge in [0, 0.05) is 45.0 Å². The van der Waals surface area contributed by atoms with Crippen LogP contribution < -0.4 is 10.6 Å². The van der Waals surface area contributed by atoms with Gasteiger partial charge in [-0.05, 0) is 37.8 Å². The van der Waals surface area contributed by atoms with Gasteiger partial charge in [0.05, 0.1) is 6.54 Å². The van der Waals surface area contributed by atoms with E-state index in [1.165, 1.54) is 5.56 Å². The highest BCUT2D eigenvalue weighted by molar-refractivity contribution is 5.85. The molecule has 0 aliphatic carbocycles. The van der Waals surface area contributed by atoms with Crippen LogP contribution in [0.5, 0.6) is 0 Å². The summed E-state index contributed by atoms with van der Waals surface area (Å²) in [4.78, 5) is 14.0. The van der Waals surface area contributed by atoms with Gasteiger partial charge in [-0.25, -0.2) is 0 Å². The van der Waals surface area contributed by atoms with Gasteiger partial charge in [0.1, 0.15) is 11.8 Å². The lowest BCUT2D eigenvalue weighted by Gasteiger charge is -2.32. The molecule has 2 heterocycles. The van der Waals surface area contributed by atoms with Crippen LogP contribution in [0.2, 0.25) is 0 Å². The van der Waals surface area contributed by atoms with Gasteiger partial charge in [0.25, 0.3) is 0 Å². The standard InChI is InChI=1S/C18H29N5O.ClH/c1-4-7-20-18(24)13-23-8-5-16(6-9-23)21-12-15-10-17(11-19)22(3)14(15)2;/h10,16,21H,4-9,12-13H2,1-3H3,(H,20,24);1H. The topological polar surface area (TPSA) is 73.1 Å². The normalized spacial score (nSPS) is 15.4. The molecule has 0 bridgehead atoms. The number of nitrogens with one attached hydrogen (secondary N) is 2. The Morgan fingerprint density at radius 2 is 2.08 bits per heavy atom. The highest BCUT2D eigenvalue weighted by atomic mass is 35.5. The second-order valence-electron chi connectivity index (χ2n) is 6.59. The Morgan fingerprint density at radius 1 is 1.40 bits per heavy atom. The van der Waals surface area contributed by atoms with Gasteiger partial charge in [-0.2, -0.15) is 5.26 Å². The number of carbonyl (C=O) groups is 1. The molecule has 0 saturated carbocycles. The third kappa shape index (κ3) is 6.03. The van der Waals surface area contributed by atoms with Gasteiger partial charge in [0.15, 0.2) is 0 Å². The van der Waals surface area contributed by atoms with E-state index in [9.17, 15) is 4.79 Å². The number of hydrogen-bond donors (Lipinski definition) is 2. The molecule has 1 aliphatic heterocycles. The molecule has 25 heavy (non-hydrogen) atoms. The highest BCUT2D eigenvalue weighted by Crippen LogP contribution is 2.15. The first-order chi connectivity index (χ1) is 11.5. The van der Waals surface area contributed by atoms with Crippen LogP contribution in [-0.2, 0) is 18.4 Å². The van der Waals surface area contributed by atoms with Crippen molar-refractivity contribution in [3.05, 3.63) is 23.0 Å². The van der Waals surface area contributed by atoms with Crippen molar-refractivity contribution in [3.8, 4) is 6.07 Å². The largest absolute Gasteiger partial charge is 0.355 e. The van der Waals surface area contributed by atoms with E-state index in [0.717, 1.165) is 51.1 Å². The van der Waals surface area contributed by atoms with Gasteiger partial charge < -0.3 is 15.2 Å². The zero-order valence-corrected chi connectivity index (χ0v) is 16.3. The van der Waals surface area contributed by atoms with E-state index < -0.39 is 0 Å². The summed E-state index contributed by atoms with van der Waals surface area (Å²) in [5.74, 6) is 0.132. The average molecular weight is 368 g/mol. The lowest BCUT2D eigenvalue weighted by atomic mass is 10.0. The number of nitrogens with zero attached hydrogens (tertiary/aromatic N) is 3. The van der Waals surface area contributed by atoms with Gasteiger partial charge >= 0.3 is 0 Å². The molecule has 1 aliphatic rings. The second kappa shape index (κ2) is 10.4. The van der Waals surface area contributed by atoms with E-state index in [-0.39, 0.29) is 18.3 Å². The Labute approximate surface area is 157 Å². The zero-order chi connectivity index (χ0) is 17.5. The minimum atomic E-state index is 0. The number of carbonyl (C=O) groups excluding carboxylic acids is 1. The minimum Gasteiger partial charge on any atom is -0.355 e. The number of nitriles is 1. The van der Waals surface area contributed by atoms with Crippen LogP contribution in [0.3, 0.4) is 0 Å². The summed E-state index contributed by atoms with van der Waals surface area (Å²) < 4.78 is 1.94. The Kier molecular flexibility index (Phi) is 8.98. The maximum atomic E-state index is 11.8. The Hall–Kier alpha value is -1.55. The number of hydrogen-bond acceptors (Lipinski definition) is 4. The summed E-state index contributed by atoms with van der Waals surface area (Å²) in [6, 6.07) is 4.67. The third-order valence-corrected chi connectivity index (χ3v) is 4.86. The summed E-state index contributed by atoms with van der Waals surface area (Å²) in [6.45, 7) is 8.08. The molecule has 1 aromatic heterocycles. The smallest absolute Gasteiger partial charge is 0.234 e. The maximum absolute atomic E-state index is 11.8. The zero-order valence-electron chi connectivity index (χ0n) is 15.5. The number of aromatic nitrogens is 1. The Morgan fingerprint density at radius 3 is 2.64 bits per heavy atom. The molecule has 2 rings (SSSR count). The summed E-state index contributed by atoms with van der Waals surface area (Å²) in [5.41, 5.74) is 3.04. The number of halogens is 1. The van der Waals surface area contributed by atoms with E-state index in [4.69, 9.17) is 5.26 Å². The quantitative estimate of drug-likeness (QED) is 0.769. The Bertz CT molecular complexity index is 599. The fourth-order valence-corrected chi connectivity index (χ4v) is 3.12. The van der Waals surface area contributed by atoms with E-state index in [1.54, 1.807) is 0 Å².